The average molecular weight is 229 g/mol. The van der Waals surface area contributed by atoms with Crippen LogP contribution in [0, 0.1) is 13.8 Å². The van der Waals surface area contributed by atoms with Crippen molar-refractivity contribution >= 4 is 23.4 Å². The second-order valence-electron chi connectivity index (χ2n) is 3.70. The summed E-state index contributed by atoms with van der Waals surface area (Å²) in [6, 6.07) is 1.99. The van der Waals surface area contributed by atoms with E-state index < -0.39 is 0 Å². The minimum atomic E-state index is -0.330. The van der Waals surface area contributed by atoms with E-state index in [1.807, 2.05) is 13.0 Å². The van der Waals surface area contributed by atoms with Gasteiger partial charge in [-0.1, -0.05) is 11.6 Å². The second-order valence-corrected chi connectivity index (χ2v) is 5.21. The summed E-state index contributed by atoms with van der Waals surface area (Å²) in [5.74, 6) is 0.955. The first-order valence-electron chi connectivity index (χ1n) is 4.71. The lowest BCUT2D eigenvalue weighted by Crippen LogP contribution is -2.10. The summed E-state index contributed by atoms with van der Waals surface area (Å²) in [4.78, 5) is 1.08. The van der Waals surface area contributed by atoms with E-state index >= 15 is 0 Å². The Balaban J connectivity index is 2.67. The van der Waals surface area contributed by atoms with Crippen LogP contribution in [-0.2, 0) is 0 Å². The number of thioether (sulfide) groups is 1. The zero-order chi connectivity index (χ0) is 10.3. The van der Waals surface area contributed by atoms with E-state index in [9.17, 15) is 5.11 Å². The molecule has 1 unspecified atom stereocenters. The third kappa shape index (κ3) is 1.56. The summed E-state index contributed by atoms with van der Waals surface area (Å²) >= 11 is 7.90. The number of aliphatic hydroxyl groups excluding tert-OH is 1. The molecule has 1 aliphatic heterocycles. The van der Waals surface area contributed by atoms with Crippen LogP contribution in [0.1, 0.15) is 29.2 Å². The van der Waals surface area contributed by atoms with E-state index in [2.05, 4.69) is 6.92 Å². The molecule has 76 valence electrons. The molecule has 0 spiro atoms. The summed E-state index contributed by atoms with van der Waals surface area (Å²) in [6.45, 7) is 4.09. The van der Waals surface area contributed by atoms with E-state index in [-0.39, 0.29) is 6.10 Å². The minimum Gasteiger partial charge on any atom is -0.388 e. The van der Waals surface area contributed by atoms with Crippen LogP contribution in [-0.4, -0.2) is 10.9 Å². The van der Waals surface area contributed by atoms with Gasteiger partial charge in [0.05, 0.1) is 11.1 Å². The number of fused-ring (bicyclic) bond motifs is 1. The number of rotatable bonds is 0. The monoisotopic (exact) mass is 228 g/mol. The molecule has 1 atom stereocenters. The predicted octanol–water partition coefficient (Wildman–Crippen LogP) is 3.49. The van der Waals surface area contributed by atoms with E-state index in [0.29, 0.717) is 0 Å². The van der Waals surface area contributed by atoms with Crippen LogP contribution >= 0.6 is 23.4 Å². The van der Waals surface area contributed by atoms with E-state index in [1.165, 1.54) is 5.56 Å². The fraction of sp³-hybridized carbons (Fsp3) is 0.455. The number of halogens is 1. The van der Waals surface area contributed by atoms with Gasteiger partial charge >= 0.3 is 0 Å². The molecular formula is C11H13ClOS. The highest BCUT2D eigenvalue weighted by Crippen LogP contribution is 2.43. The highest BCUT2D eigenvalue weighted by Gasteiger charge is 2.23. The van der Waals surface area contributed by atoms with Gasteiger partial charge in [-0.25, -0.2) is 0 Å². The zero-order valence-corrected chi connectivity index (χ0v) is 9.87. The molecule has 0 radical (unpaired) electrons. The maximum atomic E-state index is 9.92. The molecule has 0 amide bonds. The number of aryl methyl sites for hydroxylation is 1. The van der Waals surface area contributed by atoms with Gasteiger partial charge in [0.25, 0.3) is 0 Å². The van der Waals surface area contributed by atoms with E-state index in [1.54, 1.807) is 11.8 Å². The first kappa shape index (κ1) is 10.3. The zero-order valence-electron chi connectivity index (χ0n) is 8.30. The Morgan fingerprint density at radius 1 is 1.50 bits per heavy atom. The fourth-order valence-corrected chi connectivity index (χ4v) is 3.46. The van der Waals surface area contributed by atoms with Crippen LogP contribution in [0.3, 0.4) is 0 Å². The normalized spacial score (nSPS) is 20.7. The van der Waals surface area contributed by atoms with Crippen molar-refractivity contribution < 1.29 is 5.11 Å². The van der Waals surface area contributed by atoms with Crippen molar-refractivity contribution in [3.8, 4) is 0 Å². The average Bonchev–Trinajstić information content (AvgIpc) is 2.14. The molecule has 2 rings (SSSR count). The predicted molar refractivity (Wildman–Crippen MR) is 61.2 cm³/mol. The van der Waals surface area contributed by atoms with Crippen molar-refractivity contribution in [2.24, 2.45) is 0 Å². The first-order valence-corrected chi connectivity index (χ1v) is 6.08. The van der Waals surface area contributed by atoms with Gasteiger partial charge in [0.15, 0.2) is 0 Å². The molecule has 0 saturated heterocycles. The summed E-state index contributed by atoms with van der Waals surface area (Å²) in [7, 11) is 0. The van der Waals surface area contributed by atoms with E-state index in [4.69, 9.17) is 11.6 Å². The molecule has 0 aliphatic carbocycles. The van der Waals surface area contributed by atoms with Gasteiger partial charge in [-0.3, -0.25) is 0 Å². The largest absolute Gasteiger partial charge is 0.388 e. The Morgan fingerprint density at radius 2 is 2.21 bits per heavy atom. The van der Waals surface area contributed by atoms with Crippen LogP contribution in [0.2, 0.25) is 5.02 Å². The Kier molecular flexibility index (Phi) is 2.78. The van der Waals surface area contributed by atoms with Crippen molar-refractivity contribution in [3.05, 3.63) is 27.8 Å². The van der Waals surface area contributed by atoms with Crippen LogP contribution in [0.4, 0.5) is 0 Å². The highest BCUT2D eigenvalue weighted by atomic mass is 35.5. The summed E-state index contributed by atoms with van der Waals surface area (Å²) < 4.78 is 0. The van der Waals surface area contributed by atoms with Gasteiger partial charge in [0, 0.05) is 10.6 Å². The van der Waals surface area contributed by atoms with Gasteiger partial charge in [0.2, 0.25) is 0 Å². The molecule has 1 aliphatic rings. The molecule has 14 heavy (non-hydrogen) atoms. The first-order chi connectivity index (χ1) is 6.61. The third-order valence-electron chi connectivity index (χ3n) is 2.77. The lowest BCUT2D eigenvalue weighted by Gasteiger charge is -2.25. The Hall–Kier alpha value is -0.180. The fourth-order valence-electron chi connectivity index (χ4n) is 1.84. The highest BCUT2D eigenvalue weighted by molar-refractivity contribution is 7.99. The molecule has 0 saturated carbocycles. The van der Waals surface area contributed by atoms with Crippen molar-refractivity contribution in [2.45, 2.75) is 31.3 Å². The van der Waals surface area contributed by atoms with Crippen LogP contribution in [0.25, 0.3) is 0 Å². The quantitative estimate of drug-likeness (QED) is 0.734. The van der Waals surface area contributed by atoms with Crippen LogP contribution in [0.15, 0.2) is 11.0 Å². The molecule has 1 N–H and O–H groups in total. The standard InChI is InChI=1S/C11H13ClOS/c1-6-5-8(12)11-10(7(6)2)9(13)3-4-14-11/h5,9,13H,3-4H2,1-2H3. The lowest BCUT2D eigenvalue weighted by molar-refractivity contribution is 0.169. The Bertz CT molecular complexity index is 376. The van der Waals surface area contributed by atoms with Gasteiger partial charge < -0.3 is 5.11 Å². The van der Waals surface area contributed by atoms with Gasteiger partial charge in [-0.15, -0.1) is 11.8 Å². The number of hydrogen-bond donors (Lipinski definition) is 1. The summed E-state index contributed by atoms with van der Waals surface area (Å²) in [5.41, 5.74) is 3.39. The molecule has 0 fully saturated rings. The third-order valence-corrected chi connectivity index (χ3v) is 4.35. The SMILES string of the molecule is Cc1cc(Cl)c2c(c1C)C(O)CCS2. The van der Waals surface area contributed by atoms with Crippen LogP contribution < -0.4 is 0 Å². The Labute approximate surface area is 93.5 Å². The molecule has 1 aromatic carbocycles. The molecule has 1 nitrogen and oxygen atoms in total. The molecule has 1 aromatic rings. The maximum absolute atomic E-state index is 9.92. The topological polar surface area (TPSA) is 20.2 Å². The smallest absolute Gasteiger partial charge is 0.0812 e. The number of benzene rings is 1. The molecule has 0 bridgehead atoms. The van der Waals surface area contributed by atoms with Crippen molar-refractivity contribution in [3.63, 3.8) is 0 Å². The van der Waals surface area contributed by atoms with Gasteiger partial charge in [-0.05, 0) is 43.0 Å². The minimum absolute atomic E-state index is 0.330. The Morgan fingerprint density at radius 3 is 2.93 bits per heavy atom. The number of hydrogen-bond acceptors (Lipinski definition) is 2. The lowest BCUT2D eigenvalue weighted by atomic mass is 9.97. The maximum Gasteiger partial charge on any atom is 0.0812 e. The van der Waals surface area contributed by atoms with Crippen molar-refractivity contribution in [2.75, 3.05) is 5.75 Å². The molecule has 3 heteroatoms. The van der Waals surface area contributed by atoms with Crippen LogP contribution in [0.5, 0.6) is 0 Å². The van der Waals surface area contributed by atoms with Gasteiger partial charge in [0.1, 0.15) is 0 Å². The molecule has 1 heterocycles. The van der Waals surface area contributed by atoms with Gasteiger partial charge in [-0.2, -0.15) is 0 Å². The van der Waals surface area contributed by atoms with E-state index in [0.717, 1.165) is 33.2 Å². The molecular weight excluding hydrogens is 216 g/mol. The summed E-state index contributed by atoms with van der Waals surface area (Å²) in [6.07, 6.45) is 0.502. The second kappa shape index (κ2) is 3.76. The number of aliphatic hydroxyl groups is 1. The molecule has 0 aromatic heterocycles. The summed E-state index contributed by atoms with van der Waals surface area (Å²) in [5, 5.41) is 10.7. The van der Waals surface area contributed by atoms with Crippen molar-refractivity contribution in [1.29, 1.82) is 0 Å². The van der Waals surface area contributed by atoms with Crippen molar-refractivity contribution in [1.82, 2.24) is 0 Å².